The Bertz CT molecular complexity index is 1090. The Balaban J connectivity index is 1.65. The third-order valence-electron chi connectivity index (χ3n) is 4.41. The van der Waals surface area contributed by atoms with Gasteiger partial charge in [0, 0.05) is 23.3 Å². The molecule has 1 aliphatic rings. The summed E-state index contributed by atoms with van der Waals surface area (Å²) in [4.78, 5) is 27.7. The minimum atomic E-state index is -0.918. The molecule has 3 aromatic rings. The number of benzene rings is 2. The number of nitrogens with one attached hydrogen (secondary N) is 3. The Morgan fingerprint density at radius 1 is 1.00 bits per heavy atom. The number of aromatic nitrogens is 1. The van der Waals surface area contributed by atoms with Crippen LogP contribution in [0.15, 0.2) is 54.7 Å². The molecule has 0 bridgehead atoms. The molecule has 4 rings (SSSR count). The van der Waals surface area contributed by atoms with Crippen LogP contribution in [-0.2, 0) is 11.2 Å². The van der Waals surface area contributed by atoms with E-state index in [-0.39, 0.29) is 12.3 Å². The number of carbonyl (C=O) groups is 2. The fourth-order valence-corrected chi connectivity index (χ4v) is 3.14. The van der Waals surface area contributed by atoms with Crippen molar-refractivity contribution in [3.8, 4) is 0 Å². The predicted octanol–water partition coefficient (Wildman–Crippen LogP) is 4.07. The van der Waals surface area contributed by atoms with Crippen LogP contribution in [0, 0.1) is 6.92 Å². The monoisotopic (exact) mass is 374 g/mol. The lowest BCUT2D eigenvalue weighted by Gasteiger charge is -2.12. The van der Waals surface area contributed by atoms with Crippen molar-refractivity contribution < 1.29 is 14.7 Å². The van der Waals surface area contributed by atoms with Gasteiger partial charge in [-0.15, -0.1) is 0 Å². The summed E-state index contributed by atoms with van der Waals surface area (Å²) in [6, 6.07) is 14.4. The van der Waals surface area contributed by atoms with E-state index in [2.05, 4.69) is 20.9 Å². The van der Waals surface area contributed by atoms with E-state index < -0.39 is 5.97 Å². The van der Waals surface area contributed by atoms with Crippen molar-refractivity contribution in [1.29, 1.82) is 0 Å². The van der Waals surface area contributed by atoms with Crippen LogP contribution in [0.5, 0.6) is 0 Å². The number of fused-ring (bicyclic) bond motifs is 2. The van der Waals surface area contributed by atoms with E-state index in [0.717, 1.165) is 17.1 Å². The number of carboxylic acids is 1. The van der Waals surface area contributed by atoms with Gasteiger partial charge in [-0.3, -0.25) is 14.6 Å². The Morgan fingerprint density at radius 2 is 1.82 bits per heavy atom. The molecule has 0 radical (unpaired) electrons. The second kappa shape index (κ2) is 7.03. The molecule has 0 spiro atoms. The van der Waals surface area contributed by atoms with Gasteiger partial charge in [0.2, 0.25) is 0 Å². The number of hydrogen-bond acceptors (Lipinski definition) is 5. The van der Waals surface area contributed by atoms with Crippen molar-refractivity contribution in [3.05, 3.63) is 71.5 Å². The lowest BCUT2D eigenvalue weighted by molar-refractivity contribution is -0.136. The molecule has 28 heavy (non-hydrogen) atoms. The van der Waals surface area contributed by atoms with Gasteiger partial charge in [0.05, 0.1) is 29.0 Å². The molecule has 1 amide bonds. The van der Waals surface area contributed by atoms with Crippen LogP contribution in [0.1, 0.15) is 21.6 Å². The van der Waals surface area contributed by atoms with Crippen molar-refractivity contribution in [3.63, 3.8) is 0 Å². The van der Waals surface area contributed by atoms with E-state index in [9.17, 15) is 9.59 Å². The minimum absolute atomic E-state index is 0.102. The lowest BCUT2D eigenvalue weighted by atomic mass is 10.1. The van der Waals surface area contributed by atoms with E-state index in [1.807, 2.05) is 31.2 Å². The number of rotatable bonds is 4. The predicted molar refractivity (Wildman–Crippen MR) is 108 cm³/mol. The highest BCUT2D eigenvalue weighted by atomic mass is 16.4. The summed E-state index contributed by atoms with van der Waals surface area (Å²) < 4.78 is 0. The number of pyridine rings is 1. The van der Waals surface area contributed by atoms with Crippen LogP contribution in [0.25, 0.3) is 0 Å². The number of aliphatic carboxylic acids is 1. The molecule has 2 heterocycles. The molecule has 0 saturated carbocycles. The van der Waals surface area contributed by atoms with Crippen molar-refractivity contribution in [1.82, 2.24) is 4.98 Å². The normalized spacial score (nSPS) is 12.1. The van der Waals surface area contributed by atoms with Crippen LogP contribution in [0.2, 0.25) is 0 Å². The molecule has 7 heteroatoms. The molecular formula is C21H18N4O3. The number of carbonyl (C=O) groups excluding carboxylic acids is 1. The molecule has 1 aromatic heterocycles. The van der Waals surface area contributed by atoms with Crippen LogP contribution in [-0.4, -0.2) is 22.0 Å². The van der Waals surface area contributed by atoms with Crippen molar-refractivity contribution >= 4 is 40.3 Å². The number of amides is 1. The van der Waals surface area contributed by atoms with Crippen molar-refractivity contribution in [2.45, 2.75) is 13.3 Å². The van der Waals surface area contributed by atoms with Crippen LogP contribution < -0.4 is 16.0 Å². The first-order chi connectivity index (χ1) is 13.5. The van der Waals surface area contributed by atoms with E-state index in [1.165, 1.54) is 0 Å². The molecular weight excluding hydrogens is 356 g/mol. The average molecular weight is 374 g/mol. The fraction of sp³-hybridized carbons (Fsp3) is 0.0952. The number of carboxylic acid groups (broad SMARTS) is 1. The van der Waals surface area contributed by atoms with Gasteiger partial charge in [-0.25, -0.2) is 0 Å². The Morgan fingerprint density at radius 3 is 2.61 bits per heavy atom. The molecule has 0 atom stereocenters. The minimum Gasteiger partial charge on any atom is -0.481 e. The molecule has 2 aromatic carbocycles. The quantitative estimate of drug-likeness (QED) is 0.549. The van der Waals surface area contributed by atoms with Gasteiger partial charge in [0.15, 0.2) is 0 Å². The summed E-state index contributed by atoms with van der Waals surface area (Å²) in [5.41, 5.74) is 5.70. The van der Waals surface area contributed by atoms with Gasteiger partial charge in [0.1, 0.15) is 0 Å². The lowest BCUT2D eigenvalue weighted by Crippen LogP contribution is -2.11. The van der Waals surface area contributed by atoms with E-state index >= 15 is 0 Å². The molecule has 7 nitrogen and oxygen atoms in total. The number of aryl methyl sites for hydroxylation is 1. The smallest absolute Gasteiger partial charge is 0.307 e. The molecule has 4 N–H and O–H groups in total. The maximum absolute atomic E-state index is 12.6. The summed E-state index contributed by atoms with van der Waals surface area (Å²) in [6.07, 6.45) is 1.63. The van der Waals surface area contributed by atoms with E-state index in [0.29, 0.717) is 28.2 Å². The number of hydrogen-bond donors (Lipinski definition) is 4. The third kappa shape index (κ3) is 3.64. The number of nitrogens with zero attached hydrogens (tertiary/aromatic N) is 1. The molecule has 0 unspecified atom stereocenters. The Labute approximate surface area is 161 Å². The average Bonchev–Trinajstić information content (AvgIpc) is 2.76. The van der Waals surface area contributed by atoms with Crippen LogP contribution in [0.3, 0.4) is 0 Å². The van der Waals surface area contributed by atoms with Crippen LogP contribution in [0.4, 0.5) is 28.4 Å². The highest BCUT2D eigenvalue weighted by molar-refractivity contribution is 6.12. The number of anilines is 5. The maximum atomic E-state index is 12.6. The SMILES string of the molecule is Cc1cc(Nc2ccc3c(c2)Nc2ccc(CC(=O)O)cc2NC3=O)ccn1. The largest absolute Gasteiger partial charge is 0.481 e. The summed E-state index contributed by atoms with van der Waals surface area (Å²) in [5.74, 6) is -1.17. The summed E-state index contributed by atoms with van der Waals surface area (Å²) in [6.45, 7) is 1.92. The zero-order chi connectivity index (χ0) is 19.7. The molecule has 1 aliphatic heterocycles. The van der Waals surface area contributed by atoms with Gasteiger partial charge < -0.3 is 21.1 Å². The first kappa shape index (κ1) is 17.5. The highest BCUT2D eigenvalue weighted by Crippen LogP contribution is 2.34. The first-order valence-electron chi connectivity index (χ1n) is 8.75. The summed E-state index contributed by atoms with van der Waals surface area (Å²) >= 11 is 0. The topological polar surface area (TPSA) is 103 Å². The van der Waals surface area contributed by atoms with Gasteiger partial charge in [-0.05, 0) is 55.0 Å². The summed E-state index contributed by atoms with van der Waals surface area (Å²) in [5, 5.41) is 18.4. The van der Waals surface area contributed by atoms with Gasteiger partial charge in [-0.1, -0.05) is 6.07 Å². The van der Waals surface area contributed by atoms with Crippen molar-refractivity contribution in [2.75, 3.05) is 16.0 Å². The standard InChI is InChI=1S/C21H18N4O3/c1-12-8-15(6-7-22-12)23-14-3-4-16-18(11-14)24-17-5-2-13(10-20(26)27)9-19(17)25-21(16)28/h2-9,11,24H,10H2,1H3,(H,22,23)(H,25,28)(H,26,27). The molecule has 140 valence electrons. The molecule has 0 fully saturated rings. The second-order valence-electron chi connectivity index (χ2n) is 6.60. The second-order valence-corrected chi connectivity index (χ2v) is 6.60. The summed E-state index contributed by atoms with van der Waals surface area (Å²) in [7, 11) is 0. The fourth-order valence-electron chi connectivity index (χ4n) is 3.14. The third-order valence-corrected chi connectivity index (χ3v) is 4.41. The van der Waals surface area contributed by atoms with Gasteiger partial charge >= 0.3 is 5.97 Å². The van der Waals surface area contributed by atoms with E-state index in [1.54, 1.807) is 30.5 Å². The zero-order valence-electron chi connectivity index (χ0n) is 15.1. The Hall–Kier alpha value is -3.87. The Kier molecular flexibility index (Phi) is 4.41. The molecule has 0 saturated heterocycles. The van der Waals surface area contributed by atoms with Crippen LogP contribution >= 0.6 is 0 Å². The first-order valence-corrected chi connectivity index (χ1v) is 8.75. The molecule has 0 aliphatic carbocycles. The highest BCUT2D eigenvalue weighted by Gasteiger charge is 2.20. The van der Waals surface area contributed by atoms with Gasteiger partial charge in [-0.2, -0.15) is 0 Å². The maximum Gasteiger partial charge on any atom is 0.307 e. The zero-order valence-corrected chi connectivity index (χ0v) is 15.1. The van der Waals surface area contributed by atoms with E-state index in [4.69, 9.17) is 5.11 Å². The van der Waals surface area contributed by atoms with Crippen molar-refractivity contribution in [2.24, 2.45) is 0 Å². The van der Waals surface area contributed by atoms with Gasteiger partial charge in [0.25, 0.3) is 5.91 Å².